The normalized spacial score (nSPS) is 11.1. The summed E-state index contributed by atoms with van der Waals surface area (Å²) in [6.45, 7) is 0.168. The topological polar surface area (TPSA) is 86.2 Å². The van der Waals surface area contributed by atoms with E-state index >= 15 is 0 Å². The van der Waals surface area contributed by atoms with Gasteiger partial charge in [-0.05, 0) is 36.4 Å². The van der Waals surface area contributed by atoms with Gasteiger partial charge in [0.1, 0.15) is 29.8 Å². The van der Waals surface area contributed by atoms with Crippen molar-refractivity contribution in [1.29, 1.82) is 0 Å². The molecule has 1 aromatic carbocycles. The van der Waals surface area contributed by atoms with Crippen LogP contribution in [0.1, 0.15) is 5.76 Å². The lowest BCUT2D eigenvalue weighted by atomic mass is 10.2. The molecule has 0 bridgehead atoms. The van der Waals surface area contributed by atoms with Crippen molar-refractivity contribution >= 4 is 28.5 Å². The third-order valence-corrected chi connectivity index (χ3v) is 4.88. The number of aromatic nitrogens is 4. The SMILES string of the molecule is CN(Cc1ccc(-c2ccc(Cl)cc2)o1)C(=O)Cn1cnc2c(cnn2C)c1=O. The Hall–Kier alpha value is -3.39. The number of benzene rings is 1. The van der Waals surface area contributed by atoms with Crippen LogP contribution in [0.5, 0.6) is 0 Å². The zero-order valence-electron chi connectivity index (χ0n) is 15.9. The van der Waals surface area contributed by atoms with Gasteiger partial charge in [0, 0.05) is 24.7 Å². The Morgan fingerprint density at radius 2 is 1.97 bits per heavy atom. The van der Waals surface area contributed by atoms with Gasteiger partial charge in [-0.2, -0.15) is 5.10 Å². The molecule has 0 aliphatic rings. The van der Waals surface area contributed by atoms with E-state index in [9.17, 15) is 9.59 Å². The van der Waals surface area contributed by atoms with Crippen molar-refractivity contribution in [2.24, 2.45) is 7.05 Å². The molecule has 0 aliphatic heterocycles. The summed E-state index contributed by atoms with van der Waals surface area (Å²) >= 11 is 5.91. The van der Waals surface area contributed by atoms with Crippen LogP contribution in [0.4, 0.5) is 0 Å². The van der Waals surface area contributed by atoms with Gasteiger partial charge in [-0.15, -0.1) is 0 Å². The standard InChI is InChI=1S/C20H18ClN5O3/c1-24(10-15-7-8-17(29-15)13-3-5-14(21)6-4-13)18(27)11-26-12-22-19-16(20(26)28)9-23-25(19)2/h3-9,12H,10-11H2,1-2H3. The Kier molecular flexibility index (Phi) is 4.94. The van der Waals surface area contributed by atoms with Crippen molar-refractivity contribution in [1.82, 2.24) is 24.2 Å². The molecule has 1 amide bonds. The minimum absolute atomic E-state index is 0.113. The van der Waals surface area contributed by atoms with Gasteiger partial charge in [0.05, 0.1) is 12.7 Å². The number of rotatable bonds is 5. The smallest absolute Gasteiger partial charge is 0.264 e. The number of hydrogen-bond acceptors (Lipinski definition) is 5. The first-order valence-corrected chi connectivity index (χ1v) is 9.26. The predicted octanol–water partition coefficient (Wildman–Crippen LogP) is 2.70. The Morgan fingerprint density at radius 3 is 2.72 bits per heavy atom. The van der Waals surface area contributed by atoms with Crippen LogP contribution in [-0.4, -0.2) is 37.2 Å². The summed E-state index contributed by atoms with van der Waals surface area (Å²) in [7, 11) is 3.37. The highest BCUT2D eigenvalue weighted by Crippen LogP contribution is 2.24. The molecule has 9 heteroatoms. The third-order valence-electron chi connectivity index (χ3n) is 4.63. The molecule has 0 spiro atoms. The number of nitrogens with zero attached hydrogens (tertiary/aromatic N) is 5. The summed E-state index contributed by atoms with van der Waals surface area (Å²) < 4.78 is 8.64. The molecular formula is C20H18ClN5O3. The Morgan fingerprint density at radius 1 is 1.21 bits per heavy atom. The molecular weight excluding hydrogens is 394 g/mol. The second-order valence-corrected chi connectivity index (χ2v) is 7.14. The van der Waals surface area contributed by atoms with Crippen LogP contribution in [-0.2, 0) is 24.9 Å². The lowest BCUT2D eigenvalue weighted by molar-refractivity contribution is -0.131. The largest absolute Gasteiger partial charge is 0.459 e. The second-order valence-electron chi connectivity index (χ2n) is 6.71. The zero-order chi connectivity index (χ0) is 20.5. The number of hydrogen-bond donors (Lipinski definition) is 0. The minimum Gasteiger partial charge on any atom is -0.459 e. The summed E-state index contributed by atoms with van der Waals surface area (Å²) in [6.07, 6.45) is 2.82. The fourth-order valence-corrected chi connectivity index (χ4v) is 3.13. The molecule has 148 valence electrons. The Balaban J connectivity index is 1.46. The number of aryl methyl sites for hydroxylation is 1. The van der Waals surface area contributed by atoms with Gasteiger partial charge in [0.15, 0.2) is 5.65 Å². The number of carbonyl (C=O) groups is 1. The first-order chi connectivity index (χ1) is 13.9. The molecule has 3 heterocycles. The number of amides is 1. The van der Waals surface area contributed by atoms with Crippen LogP contribution >= 0.6 is 11.6 Å². The molecule has 4 rings (SSSR count). The number of fused-ring (bicyclic) bond motifs is 1. The van der Waals surface area contributed by atoms with Crippen LogP contribution < -0.4 is 5.56 Å². The van der Waals surface area contributed by atoms with E-state index in [1.807, 2.05) is 24.3 Å². The summed E-state index contributed by atoms with van der Waals surface area (Å²) in [5.41, 5.74) is 1.09. The van der Waals surface area contributed by atoms with Gasteiger partial charge < -0.3 is 9.32 Å². The first-order valence-electron chi connectivity index (χ1n) is 8.88. The molecule has 0 atom stereocenters. The Labute approximate surface area is 170 Å². The monoisotopic (exact) mass is 411 g/mol. The van der Waals surface area contributed by atoms with Gasteiger partial charge in [-0.1, -0.05) is 11.6 Å². The van der Waals surface area contributed by atoms with Crippen molar-refractivity contribution < 1.29 is 9.21 Å². The van der Waals surface area contributed by atoms with E-state index in [1.54, 1.807) is 26.2 Å². The Bertz CT molecular complexity index is 1240. The summed E-state index contributed by atoms with van der Waals surface area (Å²) in [6, 6.07) is 11.0. The lowest BCUT2D eigenvalue weighted by Crippen LogP contribution is -2.33. The summed E-state index contributed by atoms with van der Waals surface area (Å²) in [5.74, 6) is 1.10. The maximum absolute atomic E-state index is 12.6. The van der Waals surface area contributed by atoms with Gasteiger partial charge in [0.25, 0.3) is 5.56 Å². The predicted molar refractivity (Wildman–Crippen MR) is 108 cm³/mol. The molecule has 3 aromatic heterocycles. The average molecular weight is 412 g/mol. The van der Waals surface area contributed by atoms with E-state index in [4.69, 9.17) is 16.0 Å². The van der Waals surface area contributed by atoms with Crippen LogP contribution in [0.2, 0.25) is 5.02 Å². The van der Waals surface area contributed by atoms with Gasteiger partial charge in [-0.3, -0.25) is 18.8 Å². The van der Waals surface area contributed by atoms with E-state index in [1.165, 1.54) is 26.7 Å². The van der Waals surface area contributed by atoms with E-state index in [2.05, 4.69) is 10.1 Å². The molecule has 0 unspecified atom stereocenters. The van der Waals surface area contributed by atoms with E-state index < -0.39 is 0 Å². The molecule has 4 aromatic rings. The molecule has 0 N–H and O–H groups in total. The molecule has 0 saturated heterocycles. The number of halogens is 1. The molecule has 0 radical (unpaired) electrons. The molecule has 29 heavy (non-hydrogen) atoms. The van der Waals surface area contributed by atoms with Crippen LogP contribution in [0.15, 0.2) is 58.1 Å². The number of likely N-dealkylation sites (N-methyl/N-ethyl adjacent to an activating group) is 1. The highest BCUT2D eigenvalue weighted by molar-refractivity contribution is 6.30. The maximum Gasteiger partial charge on any atom is 0.264 e. The average Bonchev–Trinajstić information content (AvgIpc) is 3.32. The lowest BCUT2D eigenvalue weighted by Gasteiger charge is -2.16. The van der Waals surface area contributed by atoms with Gasteiger partial charge >= 0.3 is 0 Å². The zero-order valence-corrected chi connectivity index (χ0v) is 16.6. The summed E-state index contributed by atoms with van der Waals surface area (Å²) in [4.78, 5) is 30.8. The van der Waals surface area contributed by atoms with E-state index in [-0.39, 0.29) is 24.6 Å². The minimum atomic E-state index is -0.298. The van der Waals surface area contributed by atoms with Crippen molar-refractivity contribution in [3.05, 3.63) is 70.1 Å². The molecule has 8 nitrogen and oxygen atoms in total. The molecule has 0 aliphatic carbocycles. The molecule has 0 saturated carbocycles. The highest BCUT2D eigenvalue weighted by atomic mass is 35.5. The third kappa shape index (κ3) is 3.79. The fraction of sp³-hybridized carbons (Fsp3) is 0.200. The first kappa shape index (κ1) is 18.9. The van der Waals surface area contributed by atoms with Gasteiger partial charge in [0.2, 0.25) is 5.91 Å². The van der Waals surface area contributed by atoms with Gasteiger partial charge in [-0.25, -0.2) is 4.98 Å². The molecule has 0 fully saturated rings. The van der Waals surface area contributed by atoms with Crippen molar-refractivity contribution in [3.63, 3.8) is 0 Å². The van der Waals surface area contributed by atoms with E-state index in [0.29, 0.717) is 27.6 Å². The number of carbonyl (C=O) groups excluding carboxylic acids is 1. The quantitative estimate of drug-likeness (QED) is 0.504. The second kappa shape index (κ2) is 7.56. The van der Waals surface area contributed by atoms with Crippen LogP contribution in [0.3, 0.4) is 0 Å². The van der Waals surface area contributed by atoms with Crippen LogP contribution in [0, 0.1) is 0 Å². The fourth-order valence-electron chi connectivity index (χ4n) is 3.00. The van der Waals surface area contributed by atoms with E-state index in [0.717, 1.165) is 5.56 Å². The summed E-state index contributed by atoms with van der Waals surface area (Å²) in [5, 5.41) is 5.06. The number of furan rings is 1. The van der Waals surface area contributed by atoms with Crippen molar-refractivity contribution in [3.8, 4) is 11.3 Å². The van der Waals surface area contributed by atoms with Crippen molar-refractivity contribution in [2.45, 2.75) is 13.1 Å². The van der Waals surface area contributed by atoms with Crippen LogP contribution in [0.25, 0.3) is 22.4 Å². The van der Waals surface area contributed by atoms with Crippen molar-refractivity contribution in [2.75, 3.05) is 7.05 Å². The highest BCUT2D eigenvalue weighted by Gasteiger charge is 2.15. The maximum atomic E-state index is 12.6.